The van der Waals surface area contributed by atoms with E-state index >= 15 is 0 Å². The zero-order valence-corrected chi connectivity index (χ0v) is 11.1. The van der Waals surface area contributed by atoms with Crippen LogP contribution in [0.1, 0.15) is 6.42 Å². The smallest absolute Gasteiger partial charge is 0.228 e. The van der Waals surface area contributed by atoms with E-state index in [0.717, 1.165) is 0 Å². The SMILES string of the molecule is COCCN(CCC#N)c1nc(N)cc(Br)n1. The van der Waals surface area contributed by atoms with E-state index in [-0.39, 0.29) is 0 Å². The highest BCUT2D eigenvalue weighted by Gasteiger charge is 2.10. The van der Waals surface area contributed by atoms with Crippen LogP contribution in [-0.2, 0) is 4.74 Å². The largest absolute Gasteiger partial charge is 0.383 e. The molecule has 92 valence electrons. The number of anilines is 2. The summed E-state index contributed by atoms with van der Waals surface area (Å²) in [5.41, 5.74) is 5.65. The first kappa shape index (κ1) is 13.7. The third-order valence-corrected chi connectivity index (χ3v) is 2.45. The van der Waals surface area contributed by atoms with Crippen LogP contribution in [0.5, 0.6) is 0 Å². The number of hydrogen-bond donors (Lipinski definition) is 1. The van der Waals surface area contributed by atoms with Gasteiger partial charge in [0.25, 0.3) is 0 Å². The van der Waals surface area contributed by atoms with Crippen molar-refractivity contribution < 1.29 is 4.74 Å². The number of rotatable bonds is 6. The van der Waals surface area contributed by atoms with Crippen LogP contribution in [0.15, 0.2) is 10.7 Å². The van der Waals surface area contributed by atoms with Gasteiger partial charge in [-0.3, -0.25) is 0 Å². The van der Waals surface area contributed by atoms with Crippen molar-refractivity contribution in [2.45, 2.75) is 6.42 Å². The minimum Gasteiger partial charge on any atom is -0.383 e. The first-order valence-electron chi connectivity index (χ1n) is 5.08. The summed E-state index contributed by atoms with van der Waals surface area (Å²) in [5, 5.41) is 8.61. The lowest BCUT2D eigenvalue weighted by Gasteiger charge is -2.21. The van der Waals surface area contributed by atoms with Gasteiger partial charge >= 0.3 is 0 Å². The van der Waals surface area contributed by atoms with E-state index in [0.29, 0.717) is 42.5 Å². The topological polar surface area (TPSA) is 88.1 Å². The van der Waals surface area contributed by atoms with Crippen molar-refractivity contribution in [3.8, 4) is 6.07 Å². The summed E-state index contributed by atoms with van der Waals surface area (Å²) in [6.07, 6.45) is 0.402. The summed E-state index contributed by atoms with van der Waals surface area (Å²) in [6, 6.07) is 3.72. The van der Waals surface area contributed by atoms with Gasteiger partial charge in [-0.05, 0) is 15.9 Å². The lowest BCUT2D eigenvalue weighted by Crippen LogP contribution is -2.30. The number of nitriles is 1. The molecule has 1 aromatic heterocycles. The first-order chi connectivity index (χ1) is 8.17. The van der Waals surface area contributed by atoms with Crippen LogP contribution in [0.2, 0.25) is 0 Å². The molecule has 0 aromatic carbocycles. The maximum atomic E-state index is 8.61. The molecule has 0 spiro atoms. The van der Waals surface area contributed by atoms with Gasteiger partial charge in [0.2, 0.25) is 5.95 Å². The molecule has 6 nitrogen and oxygen atoms in total. The summed E-state index contributed by atoms with van der Waals surface area (Å²) < 4.78 is 5.64. The Morgan fingerprint density at radius 2 is 2.29 bits per heavy atom. The summed E-state index contributed by atoms with van der Waals surface area (Å²) in [4.78, 5) is 10.2. The molecule has 2 N–H and O–H groups in total. The summed E-state index contributed by atoms with van der Waals surface area (Å²) in [6.45, 7) is 1.71. The standard InChI is InChI=1S/C10H14BrN5O/c1-17-6-5-16(4-2-3-12)10-14-8(11)7-9(13)15-10/h7H,2,4-6H2,1H3,(H2,13,14,15). The molecule has 0 radical (unpaired) electrons. The first-order valence-corrected chi connectivity index (χ1v) is 5.87. The third kappa shape index (κ3) is 4.54. The number of methoxy groups -OCH3 is 1. The molecule has 17 heavy (non-hydrogen) atoms. The van der Waals surface area contributed by atoms with Gasteiger partial charge in [0.05, 0.1) is 19.1 Å². The lowest BCUT2D eigenvalue weighted by atomic mass is 10.4. The second-order valence-electron chi connectivity index (χ2n) is 3.30. The van der Waals surface area contributed by atoms with Crippen LogP contribution in [0, 0.1) is 11.3 Å². The fourth-order valence-corrected chi connectivity index (χ4v) is 1.66. The van der Waals surface area contributed by atoms with E-state index in [1.165, 1.54) is 0 Å². The molecular formula is C10H14BrN5O. The lowest BCUT2D eigenvalue weighted by molar-refractivity contribution is 0.205. The molecule has 0 unspecified atom stereocenters. The van der Waals surface area contributed by atoms with Crippen molar-refractivity contribution in [3.05, 3.63) is 10.7 Å². The minimum atomic E-state index is 0.390. The molecule has 0 saturated heterocycles. The van der Waals surface area contributed by atoms with Crippen LogP contribution in [0.3, 0.4) is 0 Å². The Morgan fingerprint density at radius 3 is 2.88 bits per heavy atom. The van der Waals surface area contributed by atoms with E-state index in [1.54, 1.807) is 13.2 Å². The van der Waals surface area contributed by atoms with E-state index in [2.05, 4.69) is 32.0 Å². The normalized spacial score (nSPS) is 9.94. The van der Waals surface area contributed by atoms with Crippen LogP contribution in [0.25, 0.3) is 0 Å². The fraction of sp³-hybridized carbons (Fsp3) is 0.500. The van der Waals surface area contributed by atoms with E-state index in [1.807, 2.05) is 4.90 Å². The Morgan fingerprint density at radius 1 is 1.53 bits per heavy atom. The number of nitrogens with two attached hydrogens (primary N) is 1. The quantitative estimate of drug-likeness (QED) is 0.794. The van der Waals surface area contributed by atoms with Gasteiger partial charge in [-0.2, -0.15) is 10.2 Å². The Balaban J connectivity index is 2.83. The molecule has 0 atom stereocenters. The minimum absolute atomic E-state index is 0.390. The highest BCUT2D eigenvalue weighted by molar-refractivity contribution is 9.10. The second-order valence-corrected chi connectivity index (χ2v) is 4.12. The number of nitrogen functional groups attached to an aromatic ring is 1. The van der Waals surface area contributed by atoms with Gasteiger partial charge in [0, 0.05) is 26.3 Å². The van der Waals surface area contributed by atoms with Crippen molar-refractivity contribution in [1.29, 1.82) is 5.26 Å². The maximum absolute atomic E-state index is 8.61. The summed E-state index contributed by atoms with van der Waals surface area (Å²) in [7, 11) is 1.62. The van der Waals surface area contributed by atoms with Gasteiger partial charge in [0.15, 0.2) is 0 Å². The molecule has 1 aromatic rings. The van der Waals surface area contributed by atoms with Gasteiger partial charge in [0.1, 0.15) is 10.4 Å². The molecule has 7 heteroatoms. The van der Waals surface area contributed by atoms with Crippen molar-refractivity contribution in [2.24, 2.45) is 0 Å². The number of nitrogens with zero attached hydrogens (tertiary/aromatic N) is 4. The van der Waals surface area contributed by atoms with Crippen molar-refractivity contribution in [1.82, 2.24) is 9.97 Å². The molecule has 1 rings (SSSR count). The number of halogens is 1. The number of hydrogen-bond acceptors (Lipinski definition) is 6. The Kier molecular flexibility index (Phi) is 5.66. The second kappa shape index (κ2) is 7.04. The van der Waals surface area contributed by atoms with E-state index in [4.69, 9.17) is 15.7 Å². The van der Waals surface area contributed by atoms with E-state index in [9.17, 15) is 0 Å². The summed E-state index contributed by atoms with van der Waals surface area (Å²) >= 11 is 3.26. The molecule has 0 amide bonds. The van der Waals surface area contributed by atoms with Crippen molar-refractivity contribution in [2.75, 3.05) is 37.4 Å². The van der Waals surface area contributed by atoms with Gasteiger partial charge in [-0.1, -0.05) is 0 Å². The molecule has 0 aliphatic heterocycles. The number of ether oxygens (including phenoxy) is 1. The molecule has 0 aliphatic rings. The third-order valence-electron chi connectivity index (χ3n) is 2.04. The summed E-state index contributed by atoms with van der Waals surface area (Å²) in [5.74, 6) is 0.894. The monoisotopic (exact) mass is 299 g/mol. The van der Waals surface area contributed by atoms with Gasteiger partial charge in [-0.15, -0.1) is 0 Å². The number of aromatic nitrogens is 2. The predicted molar refractivity (Wildman–Crippen MR) is 68.5 cm³/mol. The molecule has 0 bridgehead atoms. The van der Waals surface area contributed by atoms with E-state index < -0.39 is 0 Å². The molecule has 0 saturated carbocycles. The van der Waals surface area contributed by atoms with Crippen LogP contribution in [0.4, 0.5) is 11.8 Å². The Bertz CT molecular complexity index is 386. The molecule has 1 heterocycles. The van der Waals surface area contributed by atoms with Crippen molar-refractivity contribution >= 4 is 27.7 Å². The molecule has 0 fully saturated rings. The van der Waals surface area contributed by atoms with Crippen LogP contribution in [-0.4, -0.2) is 36.8 Å². The zero-order chi connectivity index (χ0) is 12.7. The van der Waals surface area contributed by atoms with Gasteiger partial charge < -0.3 is 15.4 Å². The zero-order valence-electron chi connectivity index (χ0n) is 9.56. The molecular weight excluding hydrogens is 286 g/mol. The highest BCUT2D eigenvalue weighted by atomic mass is 79.9. The van der Waals surface area contributed by atoms with Gasteiger partial charge in [-0.25, -0.2) is 4.98 Å². The average molecular weight is 300 g/mol. The van der Waals surface area contributed by atoms with Crippen LogP contribution >= 0.6 is 15.9 Å². The maximum Gasteiger partial charge on any atom is 0.228 e. The highest BCUT2D eigenvalue weighted by Crippen LogP contribution is 2.15. The predicted octanol–water partition coefficient (Wildman–Crippen LogP) is 1.19. The molecule has 0 aliphatic carbocycles. The average Bonchev–Trinajstić information content (AvgIpc) is 2.28. The fourth-order valence-electron chi connectivity index (χ4n) is 1.26. The van der Waals surface area contributed by atoms with Crippen LogP contribution < -0.4 is 10.6 Å². The van der Waals surface area contributed by atoms with Crippen molar-refractivity contribution in [3.63, 3.8) is 0 Å². The Labute approximate surface area is 109 Å². The Hall–Kier alpha value is -1.39.